The number of fused-ring (bicyclic) bond motifs is 1. The second kappa shape index (κ2) is 12.4. The largest absolute Gasteiger partial charge is 0.512 e. The van der Waals surface area contributed by atoms with Crippen LogP contribution in [0.4, 0.5) is 9.93 Å². The number of amides is 2. The molecule has 2 amide bonds. The number of ether oxygens (including phenoxy) is 1. The number of pyridine rings is 1. The van der Waals surface area contributed by atoms with Gasteiger partial charge in [0.25, 0.3) is 11.8 Å². The molecule has 2 atom stereocenters. The number of carbonyl (C=O) groups excluding carboxylic acids is 2. The monoisotopic (exact) mass is 617 g/mol. The molecule has 18 heteroatoms. The first-order valence-electron chi connectivity index (χ1n) is 10.7. The van der Waals surface area contributed by atoms with Crippen LogP contribution in [-0.2, 0) is 20.1 Å². The van der Waals surface area contributed by atoms with E-state index in [0.29, 0.717) is 23.0 Å². The van der Waals surface area contributed by atoms with Gasteiger partial charge in [-0.15, -0.1) is 11.8 Å². The van der Waals surface area contributed by atoms with Gasteiger partial charge in [-0.25, -0.2) is 9.78 Å². The number of nitrogen functional groups attached to an aromatic ring is 1. The minimum atomic E-state index is -1.58. The van der Waals surface area contributed by atoms with Gasteiger partial charge in [0, 0.05) is 41.1 Å². The number of β-lactam (4-membered cyclic amide) rings is 1. The second-order valence-corrected chi connectivity index (χ2v) is 12.5. The molecule has 0 unspecified atom stereocenters. The zero-order chi connectivity index (χ0) is 27.4. The maximum Gasteiger partial charge on any atom is 0.512 e. The lowest BCUT2D eigenvalue weighted by Crippen LogP contribution is -2.70. The minimum Gasteiger partial charge on any atom is -0.449 e. The Labute approximate surface area is 237 Å². The minimum absolute atomic E-state index is 0.0389. The number of nitrogens with one attached hydrogen (secondary N) is 1. The van der Waals surface area contributed by atoms with E-state index in [-0.39, 0.29) is 21.0 Å². The standard InChI is InChI=1S/C20H20ClN7O6S4/c21-14-11(26-19(23)38-14)12(27-33)15(29)25-13-16(30)28-17(34-20(31)32)10(7-36-18(13)28)37-9-5-24-3-1-8(9)6-35-4-2-22/h1,3,5,13,18,33H,2,4,6-7,22H2,(H2,23,26)(H,25,29)(H,31,32)/b27-12-/t13-,18+/m1/s1. The Balaban J connectivity index is 1.53. The first-order valence-corrected chi connectivity index (χ1v) is 14.9. The molecule has 2 aliphatic rings. The van der Waals surface area contributed by atoms with Crippen molar-refractivity contribution in [2.75, 3.05) is 23.8 Å². The van der Waals surface area contributed by atoms with Gasteiger partial charge in [-0.3, -0.25) is 19.5 Å². The fourth-order valence-electron chi connectivity index (χ4n) is 3.49. The summed E-state index contributed by atoms with van der Waals surface area (Å²) in [5.41, 5.74) is 11.5. The van der Waals surface area contributed by atoms with Gasteiger partial charge in [0.05, 0.1) is 4.91 Å². The number of carboxylic acid groups (broad SMARTS) is 1. The molecule has 7 N–H and O–H groups in total. The lowest BCUT2D eigenvalue weighted by Gasteiger charge is -2.48. The number of hydrogen-bond acceptors (Lipinski definition) is 14. The number of carbonyl (C=O) groups is 3. The third-order valence-corrected chi connectivity index (χ3v) is 9.86. The molecule has 0 radical (unpaired) electrons. The number of oxime groups is 1. The number of nitrogens with two attached hydrogens (primary N) is 2. The zero-order valence-electron chi connectivity index (χ0n) is 19.2. The number of rotatable bonds is 10. The van der Waals surface area contributed by atoms with E-state index in [1.54, 1.807) is 24.2 Å². The average molecular weight is 618 g/mol. The summed E-state index contributed by atoms with van der Waals surface area (Å²) in [6, 6.07) is 0.825. The van der Waals surface area contributed by atoms with Gasteiger partial charge in [0.2, 0.25) is 5.88 Å². The van der Waals surface area contributed by atoms with Crippen molar-refractivity contribution < 1.29 is 29.4 Å². The smallest absolute Gasteiger partial charge is 0.449 e. The highest BCUT2D eigenvalue weighted by Gasteiger charge is 2.54. The van der Waals surface area contributed by atoms with Crippen LogP contribution in [0.3, 0.4) is 0 Å². The fourth-order valence-corrected chi connectivity index (χ4v) is 7.78. The number of aromatic nitrogens is 2. The van der Waals surface area contributed by atoms with E-state index in [1.807, 2.05) is 6.07 Å². The molecule has 0 aliphatic carbocycles. The molecule has 2 aromatic rings. The molecule has 0 bridgehead atoms. The molecule has 0 spiro atoms. The van der Waals surface area contributed by atoms with Crippen LogP contribution in [0, 0.1) is 0 Å². The second-order valence-electron chi connectivity index (χ2n) is 7.51. The SMILES string of the molecule is NCCSCc1ccncc1SC1=C(OC(=O)O)N2C(=O)[C@@H](NC(=O)/C(=N\O)c3nc(N)sc3Cl)[C@@H]2SC1. The van der Waals surface area contributed by atoms with E-state index in [9.17, 15) is 24.7 Å². The van der Waals surface area contributed by atoms with Gasteiger partial charge in [-0.2, -0.15) is 11.8 Å². The van der Waals surface area contributed by atoms with Crippen LogP contribution in [0.1, 0.15) is 11.3 Å². The van der Waals surface area contributed by atoms with Crippen LogP contribution in [0.15, 0.2) is 39.3 Å². The highest BCUT2D eigenvalue weighted by Crippen LogP contribution is 2.46. The van der Waals surface area contributed by atoms with Crippen molar-refractivity contribution in [1.82, 2.24) is 20.2 Å². The molecule has 2 aliphatic heterocycles. The van der Waals surface area contributed by atoms with Crippen LogP contribution in [0.5, 0.6) is 0 Å². The Morgan fingerprint density at radius 1 is 1.42 bits per heavy atom. The molecule has 1 saturated heterocycles. The lowest BCUT2D eigenvalue weighted by atomic mass is 10.1. The number of thiazole rings is 1. The number of halogens is 1. The molecule has 2 aromatic heterocycles. The molecule has 4 rings (SSSR count). The Bertz CT molecular complexity index is 1320. The molecule has 202 valence electrons. The Morgan fingerprint density at radius 3 is 2.87 bits per heavy atom. The predicted molar refractivity (Wildman–Crippen MR) is 146 cm³/mol. The number of hydrogen-bond donors (Lipinski definition) is 5. The van der Waals surface area contributed by atoms with Crippen molar-refractivity contribution in [2.45, 2.75) is 22.1 Å². The highest BCUT2D eigenvalue weighted by atomic mass is 35.5. The topological polar surface area (TPSA) is 206 Å². The van der Waals surface area contributed by atoms with Gasteiger partial charge >= 0.3 is 6.16 Å². The van der Waals surface area contributed by atoms with Gasteiger partial charge in [-0.05, 0) is 11.6 Å². The summed E-state index contributed by atoms with van der Waals surface area (Å²) < 4.78 is 5.08. The molecular weight excluding hydrogens is 598 g/mol. The van der Waals surface area contributed by atoms with Gasteiger partial charge in [-0.1, -0.05) is 39.9 Å². The van der Waals surface area contributed by atoms with E-state index < -0.39 is 35.1 Å². The summed E-state index contributed by atoms with van der Waals surface area (Å²) in [7, 11) is 0. The summed E-state index contributed by atoms with van der Waals surface area (Å²) in [5.74, 6) is 0.126. The van der Waals surface area contributed by atoms with Crippen LogP contribution in [-0.4, -0.2) is 78.3 Å². The Hall–Kier alpha value is -2.70. The maximum absolute atomic E-state index is 13.1. The maximum atomic E-state index is 13.1. The van der Waals surface area contributed by atoms with Crippen molar-refractivity contribution in [2.24, 2.45) is 10.9 Å². The summed E-state index contributed by atoms with van der Waals surface area (Å²) in [6.07, 6.45) is 1.75. The predicted octanol–water partition coefficient (Wildman–Crippen LogP) is 2.20. The third kappa shape index (κ3) is 5.97. The van der Waals surface area contributed by atoms with Crippen molar-refractivity contribution >= 4 is 87.0 Å². The Kier molecular flexibility index (Phi) is 9.27. The van der Waals surface area contributed by atoms with Crippen molar-refractivity contribution in [3.05, 3.63) is 44.8 Å². The van der Waals surface area contributed by atoms with Crippen molar-refractivity contribution in [1.29, 1.82) is 0 Å². The molecule has 0 saturated carbocycles. The van der Waals surface area contributed by atoms with E-state index in [4.69, 9.17) is 27.8 Å². The van der Waals surface area contributed by atoms with Crippen LogP contribution >= 0.6 is 58.2 Å². The Morgan fingerprint density at radius 2 is 2.21 bits per heavy atom. The molecule has 4 heterocycles. The summed E-state index contributed by atoms with van der Waals surface area (Å²) in [4.78, 5) is 47.9. The van der Waals surface area contributed by atoms with Gasteiger partial charge < -0.3 is 31.8 Å². The van der Waals surface area contributed by atoms with E-state index >= 15 is 0 Å². The summed E-state index contributed by atoms with van der Waals surface area (Å²) in [6.45, 7) is 0.545. The fraction of sp³-hybridized carbons (Fsp3) is 0.300. The molecule has 1 fully saturated rings. The summed E-state index contributed by atoms with van der Waals surface area (Å²) in [5, 5.41) is 23.6. The van der Waals surface area contributed by atoms with E-state index in [0.717, 1.165) is 27.5 Å². The number of nitrogens with zero attached hydrogens (tertiary/aromatic N) is 4. The van der Waals surface area contributed by atoms with Gasteiger partial charge in [0.1, 0.15) is 21.4 Å². The zero-order valence-corrected chi connectivity index (χ0v) is 23.2. The van der Waals surface area contributed by atoms with E-state index in [2.05, 4.69) is 20.4 Å². The summed E-state index contributed by atoms with van der Waals surface area (Å²) >= 11 is 11.1. The normalized spacial score (nSPS) is 19.2. The molecular formula is C20H20ClN7O6S4. The van der Waals surface area contributed by atoms with Crippen LogP contribution < -0.4 is 16.8 Å². The first kappa shape index (κ1) is 28.3. The lowest BCUT2D eigenvalue weighted by molar-refractivity contribution is -0.148. The average Bonchev–Trinajstić information content (AvgIpc) is 3.21. The van der Waals surface area contributed by atoms with Crippen molar-refractivity contribution in [3.63, 3.8) is 0 Å². The first-order chi connectivity index (χ1) is 18.2. The number of anilines is 1. The van der Waals surface area contributed by atoms with Crippen LogP contribution in [0.25, 0.3) is 0 Å². The van der Waals surface area contributed by atoms with E-state index in [1.165, 1.54) is 28.4 Å². The van der Waals surface area contributed by atoms with Gasteiger partial charge in [0.15, 0.2) is 10.8 Å². The van der Waals surface area contributed by atoms with Crippen LogP contribution in [0.2, 0.25) is 4.34 Å². The molecule has 13 nitrogen and oxygen atoms in total. The quantitative estimate of drug-likeness (QED) is 0.0648. The number of thioether (sulfide) groups is 3. The highest BCUT2D eigenvalue weighted by molar-refractivity contribution is 8.06. The molecule has 0 aromatic carbocycles. The van der Waals surface area contributed by atoms with Crippen molar-refractivity contribution in [3.8, 4) is 0 Å². The third-order valence-electron chi connectivity index (χ3n) is 5.12. The molecule has 38 heavy (non-hydrogen) atoms.